The van der Waals surface area contributed by atoms with Crippen molar-refractivity contribution < 1.29 is 35.1 Å². The fraction of sp³-hybridized carbons (Fsp3) is 0.357. The lowest BCUT2D eigenvalue weighted by atomic mass is 10.1. The molecule has 0 radical (unpaired) electrons. The van der Waals surface area contributed by atoms with Gasteiger partial charge in [-0.05, 0) is 19.1 Å². The van der Waals surface area contributed by atoms with Gasteiger partial charge in [-0.3, -0.25) is 0 Å². The molecular formula is C14H11ClF5NO3S2. The standard InChI is InChI=1S/C14H11ClF5NO3S2/c1-7(26(22,23)13-21-5-10(15)25-13)11-8(16)3-2-4-9(11)24-6-14(19,20)12(17)18/h2-5,7,12H,6H2,1H3. The smallest absolute Gasteiger partial charge is 0.340 e. The molecule has 4 nitrogen and oxygen atoms in total. The first-order valence-electron chi connectivity index (χ1n) is 6.89. The Bertz CT molecular complexity index is 888. The van der Waals surface area contributed by atoms with Crippen molar-refractivity contribution in [3.8, 4) is 5.75 Å². The fourth-order valence-electron chi connectivity index (χ4n) is 1.95. The Morgan fingerprint density at radius 2 is 2.00 bits per heavy atom. The number of hydrogen-bond acceptors (Lipinski definition) is 5. The van der Waals surface area contributed by atoms with Gasteiger partial charge in [0.15, 0.2) is 6.61 Å². The first-order valence-corrected chi connectivity index (χ1v) is 9.63. The average molecular weight is 436 g/mol. The minimum atomic E-state index is -4.48. The molecule has 1 atom stereocenters. The van der Waals surface area contributed by atoms with E-state index in [0.717, 1.165) is 31.3 Å². The summed E-state index contributed by atoms with van der Waals surface area (Å²) in [6.07, 6.45) is -2.90. The highest BCUT2D eigenvalue weighted by Gasteiger charge is 2.42. The third-order valence-electron chi connectivity index (χ3n) is 3.32. The topological polar surface area (TPSA) is 56.3 Å². The molecule has 1 aromatic heterocycles. The van der Waals surface area contributed by atoms with E-state index in [0.29, 0.717) is 11.3 Å². The van der Waals surface area contributed by atoms with Crippen LogP contribution in [0.4, 0.5) is 22.0 Å². The summed E-state index contributed by atoms with van der Waals surface area (Å²) in [5.74, 6) is -6.11. The maximum Gasteiger partial charge on any atom is 0.340 e. The Hall–Kier alpha value is -1.46. The number of rotatable bonds is 7. The summed E-state index contributed by atoms with van der Waals surface area (Å²) >= 11 is 6.28. The first-order chi connectivity index (χ1) is 12.0. The molecule has 0 aliphatic carbocycles. The number of benzene rings is 1. The highest BCUT2D eigenvalue weighted by molar-refractivity contribution is 7.93. The molecule has 0 saturated carbocycles. The van der Waals surface area contributed by atoms with E-state index in [1.807, 2.05) is 0 Å². The van der Waals surface area contributed by atoms with E-state index in [4.69, 9.17) is 11.6 Å². The Labute approximate surface area is 154 Å². The summed E-state index contributed by atoms with van der Waals surface area (Å²) in [6, 6.07) is 2.99. The van der Waals surface area contributed by atoms with Crippen LogP contribution in [0, 0.1) is 5.82 Å². The molecule has 2 rings (SSSR count). The Balaban J connectivity index is 2.40. The summed E-state index contributed by atoms with van der Waals surface area (Å²) in [6.45, 7) is -0.641. The summed E-state index contributed by atoms with van der Waals surface area (Å²) in [5.41, 5.74) is -0.566. The lowest BCUT2D eigenvalue weighted by molar-refractivity contribution is -0.148. The molecule has 0 fully saturated rings. The molecule has 0 aliphatic heterocycles. The molecule has 144 valence electrons. The molecular weight excluding hydrogens is 425 g/mol. The Morgan fingerprint density at radius 1 is 1.35 bits per heavy atom. The largest absolute Gasteiger partial charge is 0.487 e. The predicted octanol–water partition coefficient (Wildman–Crippen LogP) is 4.75. The normalized spacial score (nSPS) is 13.8. The average Bonchev–Trinajstić information content (AvgIpc) is 2.99. The molecule has 0 amide bonds. The van der Waals surface area contributed by atoms with E-state index < -0.39 is 55.5 Å². The summed E-state index contributed by atoms with van der Waals surface area (Å²) < 4.78 is 94.2. The van der Waals surface area contributed by atoms with Crippen molar-refractivity contribution in [3.05, 3.63) is 40.1 Å². The monoisotopic (exact) mass is 435 g/mol. The molecule has 2 aromatic rings. The van der Waals surface area contributed by atoms with Gasteiger partial charge in [0, 0.05) is 5.56 Å². The predicted molar refractivity (Wildman–Crippen MR) is 85.6 cm³/mol. The van der Waals surface area contributed by atoms with E-state index in [2.05, 4.69) is 9.72 Å². The van der Waals surface area contributed by atoms with Crippen LogP contribution in [-0.4, -0.2) is 32.4 Å². The summed E-state index contributed by atoms with van der Waals surface area (Å²) in [4.78, 5) is 3.62. The molecule has 1 heterocycles. The summed E-state index contributed by atoms with van der Waals surface area (Å²) in [5, 5.41) is -1.58. The number of nitrogens with zero attached hydrogens (tertiary/aromatic N) is 1. The van der Waals surface area contributed by atoms with Gasteiger partial charge in [-0.15, -0.1) is 0 Å². The van der Waals surface area contributed by atoms with Crippen molar-refractivity contribution in [1.29, 1.82) is 0 Å². The molecule has 0 aliphatic rings. The van der Waals surface area contributed by atoms with Gasteiger partial charge >= 0.3 is 12.3 Å². The van der Waals surface area contributed by atoms with Gasteiger partial charge in [0.2, 0.25) is 14.2 Å². The quantitative estimate of drug-likeness (QED) is 0.589. The zero-order valence-electron chi connectivity index (χ0n) is 12.9. The number of ether oxygens (including phenoxy) is 1. The van der Waals surface area contributed by atoms with Crippen LogP contribution in [0.15, 0.2) is 28.7 Å². The molecule has 0 saturated heterocycles. The van der Waals surface area contributed by atoms with Crippen LogP contribution in [0.2, 0.25) is 4.34 Å². The van der Waals surface area contributed by atoms with Crippen LogP contribution in [0.3, 0.4) is 0 Å². The van der Waals surface area contributed by atoms with Crippen molar-refractivity contribution in [2.24, 2.45) is 0 Å². The van der Waals surface area contributed by atoms with Crippen LogP contribution >= 0.6 is 22.9 Å². The van der Waals surface area contributed by atoms with E-state index in [1.165, 1.54) is 0 Å². The van der Waals surface area contributed by atoms with Crippen LogP contribution in [0.25, 0.3) is 0 Å². The number of hydrogen-bond donors (Lipinski definition) is 0. The minimum absolute atomic E-state index is 0.0809. The SMILES string of the molecule is CC(c1c(F)cccc1OCC(F)(F)C(F)F)S(=O)(=O)c1ncc(Cl)s1. The van der Waals surface area contributed by atoms with Crippen molar-refractivity contribution >= 4 is 32.8 Å². The molecule has 0 bridgehead atoms. The van der Waals surface area contributed by atoms with Crippen molar-refractivity contribution in [1.82, 2.24) is 4.98 Å². The molecule has 0 spiro atoms. The van der Waals surface area contributed by atoms with E-state index in [-0.39, 0.29) is 4.34 Å². The molecule has 1 unspecified atom stereocenters. The van der Waals surface area contributed by atoms with Crippen molar-refractivity contribution in [2.75, 3.05) is 6.61 Å². The lowest BCUT2D eigenvalue weighted by Gasteiger charge is -2.20. The van der Waals surface area contributed by atoms with Gasteiger partial charge < -0.3 is 4.74 Å². The second kappa shape index (κ2) is 7.65. The maximum absolute atomic E-state index is 14.2. The van der Waals surface area contributed by atoms with Gasteiger partial charge in [0.1, 0.15) is 15.9 Å². The van der Waals surface area contributed by atoms with Crippen LogP contribution in [-0.2, 0) is 9.84 Å². The van der Waals surface area contributed by atoms with Crippen LogP contribution in [0.5, 0.6) is 5.75 Å². The van der Waals surface area contributed by atoms with Gasteiger partial charge in [-0.2, -0.15) is 8.78 Å². The zero-order chi connectivity index (χ0) is 19.7. The number of thiazole rings is 1. The molecule has 1 aromatic carbocycles. The van der Waals surface area contributed by atoms with Crippen molar-refractivity contribution in [2.45, 2.75) is 28.9 Å². The molecule has 0 N–H and O–H groups in total. The number of aromatic nitrogens is 1. The number of halogens is 6. The Kier molecular flexibility index (Phi) is 6.13. The number of alkyl halides is 4. The van der Waals surface area contributed by atoms with Gasteiger partial charge in [0.25, 0.3) is 0 Å². The Morgan fingerprint density at radius 3 is 2.54 bits per heavy atom. The second-order valence-corrected chi connectivity index (χ2v) is 9.22. The molecule has 12 heteroatoms. The maximum atomic E-state index is 14.2. The minimum Gasteiger partial charge on any atom is -0.487 e. The van der Waals surface area contributed by atoms with E-state index >= 15 is 0 Å². The zero-order valence-corrected chi connectivity index (χ0v) is 15.3. The van der Waals surface area contributed by atoms with Crippen LogP contribution in [0.1, 0.15) is 17.7 Å². The fourth-order valence-corrected chi connectivity index (χ4v) is 4.94. The third kappa shape index (κ3) is 4.26. The van der Waals surface area contributed by atoms with Crippen LogP contribution < -0.4 is 4.74 Å². The van der Waals surface area contributed by atoms with Gasteiger partial charge in [-0.25, -0.2) is 26.6 Å². The highest BCUT2D eigenvalue weighted by Crippen LogP contribution is 2.38. The first kappa shape index (κ1) is 20.8. The van der Waals surface area contributed by atoms with Gasteiger partial charge in [-0.1, -0.05) is 29.0 Å². The second-order valence-electron chi connectivity index (χ2n) is 5.12. The molecule has 26 heavy (non-hydrogen) atoms. The number of sulfone groups is 1. The lowest BCUT2D eigenvalue weighted by Crippen LogP contribution is -2.34. The van der Waals surface area contributed by atoms with Gasteiger partial charge in [0.05, 0.1) is 11.4 Å². The highest BCUT2D eigenvalue weighted by atomic mass is 35.5. The van der Waals surface area contributed by atoms with E-state index in [9.17, 15) is 30.4 Å². The van der Waals surface area contributed by atoms with Crippen molar-refractivity contribution in [3.63, 3.8) is 0 Å². The van der Waals surface area contributed by atoms with E-state index in [1.54, 1.807) is 0 Å². The summed E-state index contributed by atoms with van der Waals surface area (Å²) in [7, 11) is -4.22. The third-order valence-corrected chi connectivity index (χ3v) is 6.94.